The van der Waals surface area contributed by atoms with Crippen molar-refractivity contribution in [3.63, 3.8) is 0 Å². The van der Waals surface area contributed by atoms with Crippen LogP contribution < -0.4 is 19.5 Å². The van der Waals surface area contributed by atoms with Gasteiger partial charge in [-0.05, 0) is 101 Å². The van der Waals surface area contributed by atoms with Crippen molar-refractivity contribution in [1.29, 1.82) is 0 Å². The molecule has 1 heterocycles. The predicted molar refractivity (Wildman–Crippen MR) is 148 cm³/mol. The maximum atomic E-state index is 13.0. The SMILES string of the molecule is CCNCCCOc1ccc(/C=C/C(=O)c2ccc3c(c2OC)C=CC(C)(CCC=C(C)C)O3)cc1. The summed E-state index contributed by atoms with van der Waals surface area (Å²) in [6.45, 7) is 11.0. The Kier molecular flexibility index (Phi) is 9.95. The van der Waals surface area contributed by atoms with Crippen molar-refractivity contribution in [3.8, 4) is 17.2 Å². The average molecular weight is 490 g/mol. The number of nitrogens with one attached hydrogen (secondary N) is 1. The van der Waals surface area contributed by atoms with E-state index in [0.717, 1.165) is 55.0 Å². The Bertz CT molecular complexity index is 1110. The van der Waals surface area contributed by atoms with Gasteiger partial charge >= 0.3 is 0 Å². The molecule has 1 aliphatic heterocycles. The lowest BCUT2D eigenvalue weighted by Gasteiger charge is -2.32. The summed E-state index contributed by atoms with van der Waals surface area (Å²) in [7, 11) is 1.59. The number of ether oxygens (including phenoxy) is 3. The zero-order valence-electron chi connectivity index (χ0n) is 22.2. The minimum atomic E-state index is -0.391. The molecule has 0 amide bonds. The van der Waals surface area contributed by atoms with Gasteiger partial charge in [0, 0.05) is 0 Å². The number of carbonyl (C=O) groups is 1. The summed E-state index contributed by atoms with van der Waals surface area (Å²) >= 11 is 0. The van der Waals surface area contributed by atoms with Crippen LogP contribution in [0.15, 0.2) is 60.2 Å². The van der Waals surface area contributed by atoms with E-state index in [-0.39, 0.29) is 5.78 Å². The third-order valence-corrected chi connectivity index (χ3v) is 6.09. The third-order valence-electron chi connectivity index (χ3n) is 6.09. The molecule has 0 spiro atoms. The van der Waals surface area contributed by atoms with E-state index < -0.39 is 5.60 Å². The van der Waals surface area contributed by atoms with Gasteiger partial charge in [0.25, 0.3) is 0 Å². The molecular formula is C31H39NO4. The van der Waals surface area contributed by atoms with Crippen LogP contribution >= 0.6 is 0 Å². The molecule has 2 aromatic rings. The molecule has 0 fully saturated rings. The Hall–Kier alpha value is -3.31. The van der Waals surface area contributed by atoms with Gasteiger partial charge in [0.15, 0.2) is 5.78 Å². The summed E-state index contributed by atoms with van der Waals surface area (Å²) in [6, 6.07) is 11.4. The smallest absolute Gasteiger partial charge is 0.189 e. The van der Waals surface area contributed by atoms with Crippen molar-refractivity contribution in [1.82, 2.24) is 5.32 Å². The minimum absolute atomic E-state index is 0.122. The molecule has 0 saturated heterocycles. The largest absolute Gasteiger partial charge is 0.495 e. The molecular weight excluding hydrogens is 450 g/mol. The molecule has 36 heavy (non-hydrogen) atoms. The fourth-order valence-electron chi connectivity index (χ4n) is 4.07. The lowest BCUT2D eigenvalue weighted by Crippen LogP contribution is -2.31. The summed E-state index contributed by atoms with van der Waals surface area (Å²) in [5, 5.41) is 3.28. The highest BCUT2D eigenvalue weighted by molar-refractivity contribution is 6.09. The van der Waals surface area contributed by atoms with Gasteiger partial charge < -0.3 is 19.5 Å². The number of rotatable bonds is 13. The predicted octanol–water partition coefficient (Wildman–Crippen LogP) is 6.88. The van der Waals surface area contributed by atoms with Crippen LogP contribution in [-0.4, -0.2) is 38.2 Å². The molecule has 1 atom stereocenters. The minimum Gasteiger partial charge on any atom is -0.495 e. The van der Waals surface area contributed by atoms with Crippen molar-refractivity contribution in [2.75, 3.05) is 26.8 Å². The highest BCUT2D eigenvalue weighted by Gasteiger charge is 2.29. The van der Waals surface area contributed by atoms with Gasteiger partial charge in [0.1, 0.15) is 22.8 Å². The first-order valence-electron chi connectivity index (χ1n) is 12.7. The highest BCUT2D eigenvalue weighted by Crippen LogP contribution is 2.40. The van der Waals surface area contributed by atoms with E-state index in [4.69, 9.17) is 14.2 Å². The molecule has 5 heteroatoms. The molecule has 2 aromatic carbocycles. The van der Waals surface area contributed by atoms with Gasteiger partial charge in [-0.2, -0.15) is 0 Å². The first-order valence-corrected chi connectivity index (χ1v) is 12.7. The summed E-state index contributed by atoms with van der Waals surface area (Å²) in [6.07, 6.45) is 12.5. The summed E-state index contributed by atoms with van der Waals surface area (Å²) in [4.78, 5) is 13.0. The lowest BCUT2D eigenvalue weighted by molar-refractivity contribution is 0.104. The van der Waals surface area contributed by atoms with Crippen molar-refractivity contribution >= 4 is 17.9 Å². The molecule has 1 aliphatic rings. The van der Waals surface area contributed by atoms with Crippen LogP contribution in [0.4, 0.5) is 0 Å². The van der Waals surface area contributed by atoms with Crippen molar-refractivity contribution < 1.29 is 19.0 Å². The van der Waals surface area contributed by atoms with Gasteiger partial charge in [-0.1, -0.05) is 36.8 Å². The van der Waals surface area contributed by atoms with E-state index in [0.29, 0.717) is 17.9 Å². The van der Waals surface area contributed by atoms with Crippen LogP contribution in [0.5, 0.6) is 17.2 Å². The van der Waals surface area contributed by atoms with Crippen LogP contribution in [0.25, 0.3) is 12.2 Å². The number of ketones is 1. The summed E-state index contributed by atoms with van der Waals surface area (Å²) in [5.41, 5.74) is 3.14. The lowest BCUT2D eigenvalue weighted by atomic mass is 9.93. The van der Waals surface area contributed by atoms with Crippen molar-refractivity contribution in [3.05, 3.63) is 76.9 Å². The fraction of sp³-hybridized carbons (Fsp3) is 0.387. The van der Waals surface area contributed by atoms with Gasteiger partial charge in [-0.25, -0.2) is 0 Å². The second kappa shape index (κ2) is 13.1. The fourth-order valence-corrected chi connectivity index (χ4v) is 4.07. The van der Waals surface area contributed by atoms with E-state index in [1.165, 1.54) is 5.57 Å². The zero-order valence-corrected chi connectivity index (χ0v) is 22.2. The van der Waals surface area contributed by atoms with Crippen molar-refractivity contribution in [2.45, 2.75) is 52.6 Å². The van der Waals surface area contributed by atoms with E-state index in [9.17, 15) is 4.79 Å². The standard InChI is InChI=1S/C31H39NO4/c1-6-32-21-8-22-35-25-13-10-24(11-14-25)12-16-28(33)26-15-17-29-27(30(26)34-5)18-20-31(4,36-29)19-7-9-23(2)3/h9-18,20,32H,6-8,19,21-22H2,1-5H3/b16-12+. The molecule has 1 N–H and O–H groups in total. The maximum Gasteiger partial charge on any atom is 0.189 e. The highest BCUT2D eigenvalue weighted by atomic mass is 16.5. The molecule has 0 bridgehead atoms. The van der Waals surface area contributed by atoms with Gasteiger partial charge in [-0.3, -0.25) is 4.79 Å². The molecule has 0 radical (unpaired) electrons. The average Bonchev–Trinajstić information content (AvgIpc) is 2.86. The summed E-state index contributed by atoms with van der Waals surface area (Å²) in [5.74, 6) is 1.97. The van der Waals surface area contributed by atoms with Crippen LogP contribution in [0.3, 0.4) is 0 Å². The number of methoxy groups -OCH3 is 1. The van der Waals surface area contributed by atoms with Crippen LogP contribution in [0, 0.1) is 0 Å². The van der Waals surface area contributed by atoms with Crippen LogP contribution in [0.2, 0.25) is 0 Å². The maximum absolute atomic E-state index is 13.0. The van der Waals surface area contributed by atoms with Crippen molar-refractivity contribution in [2.24, 2.45) is 0 Å². The van der Waals surface area contributed by atoms with E-state index in [1.54, 1.807) is 19.3 Å². The number of allylic oxidation sites excluding steroid dienone is 3. The normalized spacial score (nSPS) is 16.4. The number of hydrogen-bond donors (Lipinski definition) is 1. The second-order valence-corrected chi connectivity index (χ2v) is 9.45. The Balaban J connectivity index is 1.66. The zero-order chi connectivity index (χ0) is 26.0. The molecule has 0 saturated carbocycles. The number of fused-ring (bicyclic) bond motifs is 1. The Morgan fingerprint density at radius 1 is 1.14 bits per heavy atom. The molecule has 192 valence electrons. The summed E-state index contributed by atoms with van der Waals surface area (Å²) < 4.78 is 17.7. The first-order chi connectivity index (χ1) is 17.3. The van der Waals surface area contributed by atoms with Gasteiger partial charge in [-0.15, -0.1) is 0 Å². The quantitative estimate of drug-likeness (QED) is 0.144. The second-order valence-electron chi connectivity index (χ2n) is 9.45. The molecule has 0 aromatic heterocycles. The number of benzene rings is 2. The molecule has 5 nitrogen and oxygen atoms in total. The van der Waals surface area contributed by atoms with E-state index in [1.807, 2.05) is 42.5 Å². The Morgan fingerprint density at radius 3 is 2.61 bits per heavy atom. The molecule has 0 aliphatic carbocycles. The Morgan fingerprint density at radius 2 is 1.92 bits per heavy atom. The van der Waals surface area contributed by atoms with Crippen LogP contribution in [0.1, 0.15) is 68.4 Å². The van der Waals surface area contributed by atoms with Gasteiger partial charge in [0.05, 0.1) is 24.8 Å². The molecule has 1 unspecified atom stereocenters. The molecule has 3 rings (SSSR count). The van der Waals surface area contributed by atoms with Crippen LogP contribution in [-0.2, 0) is 0 Å². The van der Waals surface area contributed by atoms with E-state index >= 15 is 0 Å². The topological polar surface area (TPSA) is 56.8 Å². The first kappa shape index (κ1) is 27.3. The Labute approximate surface area is 215 Å². The number of carbonyl (C=O) groups excluding carboxylic acids is 1. The monoisotopic (exact) mass is 489 g/mol. The van der Waals surface area contributed by atoms with E-state index in [2.05, 4.69) is 45.2 Å². The number of hydrogen-bond acceptors (Lipinski definition) is 5. The van der Waals surface area contributed by atoms with Gasteiger partial charge in [0.2, 0.25) is 0 Å². The third kappa shape index (κ3) is 7.59.